The molecule has 2 aromatic carbocycles. The van der Waals surface area contributed by atoms with Crippen LogP contribution in [0.25, 0.3) is 0 Å². The maximum Gasteiger partial charge on any atom is 0.261 e. The lowest BCUT2D eigenvalue weighted by Gasteiger charge is -2.36. The lowest BCUT2D eigenvalue weighted by atomic mass is 9.89. The van der Waals surface area contributed by atoms with Gasteiger partial charge in [0.25, 0.3) is 23.6 Å². The summed E-state index contributed by atoms with van der Waals surface area (Å²) in [7, 11) is 0. The Kier molecular flexibility index (Phi) is 4.06. The molecule has 0 radical (unpaired) electrons. The molecule has 3 aliphatic rings. The van der Waals surface area contributed by atoms with Gasteiger partial charge in [-0.1, -0.05) is 0 Å². The number of halogens is 2. The van der Waals surface area contributed by atoms with Gasteiger partial charge in [0, 0.05) is 12.1 Å². The highest BCUT2D eigenvalue weighted by Crippen LogP contribution is 2.35. The van der Waals surface area contributed by atoms with Crippen LogP contribution >= 0.6 is 0 Å². The van der Waals surface area contributed by atoms with Gasteiger partial charge in [0.05, 0.1) is 22.3 Å². The van der Waals surface area contributed by atoms with Crippen LogP contribution in [-0.2, 0) is 0 Å². The Hall–Kier alpha value is -3.42. The molecule has 0 atom stereocenters. The molecule has 4 amide bonds. The van der Waals surface area contributed by atoms with Crippen LogP contribution in [0.3, 0.4) is 0 Å². The van der Waals surface area contributed by atoms with E-state index in [-0.39, 0.29) is 34.3 Å². The van der Waals surface area contributed by atoms with E-state index in [1.807, 2.05) is 0 Å². The molecule has 1 aliphatic carbocycles. The summed E-state index contributed by atoms with van der Waals surface area (Å²) in [5, 5.41) is 0. The maximum atomic E-state index is 13.5. The van der Waals surface area contributed by atoms with Crippen molar-refractivity contribution in [1.29, 1.82) is 0 Å². The zero-order valence-corrected chi connectivity index (χ0v) is 15.7. The molecule has 5 rings (SSSR count). The van der Waals surface area contributed by atoms with E-state index in [0.29, 0.717) is 25.7 Å². The molecule has 0 N–H and O–H groups in total. The van der Waals surface area contributed by atoms with Crippen molar-refractivity contribution in [1.82, 2.24) is 9.80 Å². The number of carbonyl (C=O) groups excluding carboxylic acids is 4. The number of benzene rings is 2. The van der Waals surface area contributed by atoms with Crippen LogP contribution in [0.2, 0.25) is 0 Å². The minimum Gasteiger partial charge on any atom is -0.271 e. The fraction of sp³-hybridized carbons (Fsp3) is 0.273. The Morgan fingerprint density at radius 3 is 1.27 bits per heavy atom. The molecule has 152 valence electrons. The number of hydrogen-bond donors (Lipinski definition) is 0. The van der Waals surface area contributed by atoms with Crippen LogP contribution in [0.1, 0.15) is 67.1 Å². The van der Waals surface area contributed by atoms with Gasteiger partial charge in [-0.3, -0.25) is 29.0 Å². The van der Waals surface area contributed by atoms with Crippen molar-refractivity contribution in [2.75, 3.05) is 0 Å². The molecule has 0 aromatic heterocycles. The van der Waals surface area contributed by atoms with E-state index in [1.165, 1.54) is 12.1 Å². The van der Waals surface area contributed by atoms with Crippen LogP contribution in [0.5, 0.6) is 0 Å². The van der Waals surface area contributed by atoms with Gasteiger partial charge in [-0.2, -0.15) is 0 Å². The zero-order chi connectivity index (χ0) is 21.2. The predicted octanol–water partition coefficient (Wildman–Crippen LogP) is 3.17. The lowest BCUT2D eigenvalue weighted by Crippen LogP contribution is -2.47. The fourth-order valence-corrected chi connectivity index (χ4v) is 4.70. The third-order valence-electron chi connectivity index (χ3n) is 6.16. The Balaban J connectivity index is 1.32. The van der Waals surface area contributed by atoms with Crippen LogP contribution < -0.4 is 0 Å². The average molecular weight is 410 g/mol. The largest absolute Gasteiger partial charge is 0.271 e. The molecular formula is C22H16F2N2O4. The summed E-state index contributed by atoms with van der Waals surface area (Å²) in [4.78, 5) is 53.0. The first-order chi connectivity index (χ1) is 14.4. The van der Waals surface area contributed by atoms with Crippen LogP contribution in [0, 0.1) is 11.6 Å². The molecule has 6 nitrogen and oxygen atoms in total. The number of hydrogen-bond acceptors (Lipinski definition) is 4. The summed E-state index contributed by atoms with van der Waals surface area (Å²) in [6.07, 6.45) is 1.67. The summed E-state index contributed by atoms with van der Waals surface area (Å²) in [6, 6.07) is 6.29. The molecule has 0 unspecified atom stereocenters. The number of fused-ring (bicyclic) bond motifs is 2. The highest BCUT2D eigenvalue weighted by atomic mass is 19.1. The second-order valence-corrected chi connectivity index (χ2v) is 7.80. The molecule has 30 heavy (non-hydrogen) atoms. The molecule has 0 bridgehead atoms. The molecule has 1 fully saturated rings. The molecule has 0 saturated heterocycles. The molecule has 0 spiro atoms. The maximum absolute atomic E-state index is 13.5. The van der Waals surface area contributed by atoms with E-state index in [0.717, 1.165) is 34.1 Å². The number of nitrogens with zero attached hydrogens (tertiary/aromatic N) is 2. The van der Waals surface area contributed by atoms with Crippen molar-refractivity contribution < 1.29 is 28.0 Å². The van der Waals surface area contributed by atoms with Crippen molar-refractivity contribution in [3.05, 3.63) is 70.3 Å². The Bertz CT molecular complexity index is 1050. The van der Waals surface area contributed by atoms with E-state index in [4.69, 9.17) is 0 Å². The van der Waals surface area contributed by atoms with E-state index in [2.05, 4.69) is 0 Å². The first kappa shape index (κ1) is 18.6. The summed E-state index contributed by atoms with van der Waals surface area (Å²) < 4.78 is 27.0. The summed E-state index contributed by atoms with van der Waals surface area (Å²) in [5.74, 6) is -3.10. The molecule has 2 heterocycles. The second kappa shape index (κ2) is 6.55. The molecule has 2 aliphatic heterocycles. The van der Waals surface area contributed by atoms with E-state index < -0.39 is 35.3 Å². The SMILES string of the molecule is O=C1c2ccc(F)cc2C(=O)N1C1CCC(N2C(=O)c3ccc(F)cc3C2=O)CC1. The standard InChI is InChI=1S/C22H16F2N2O4/c23-11-1-7-15-17(9-11)21(29)25(19(15)27)13-3-5-14(6-4-13)26-20(28)16-8-2-12(24)10-18(16)22(26)30/h1-2,7-10,13-14H,3-6H2. The van der Waals surface area contributed by atoms with Gasteiger partial charge in [-0.25, -0.2) is 8.78 Å². The number of imide groups is 2. The van der Waals surface area contributed by atoms with Crippen molar-refractivity contribution in [3.63, 3.8) is 0 Å². The minimum absolute atomic E-state index is 0.0597. The molecular weight excluding hydrogens is 394 g/mol. The number of carbonyl (C=O) groups is 4. The highest BCUT2D eigenvalue weighted by molar-refractivity contribution is 6.22. The molecule has 8 heteroatoms. The third-order valence-corrected chi connectivity index (χ3v) is 6.16. The Morgan fingerprint density at radius 2 is 0.900 bits per heavy atom. The van der Waals surface area contributed by atoms with Gasteiger partial charge < -0.3 is 0 Å². The third kappa shape index (κ3) is 2.59. The first-order valence-electron chi connectivity index (χ1n) is 9.71. The van der Waals surface area contributed by atoms with Crippen LogP contribution in [0.15, 0.2) is 36.4 Å². The van der Waals surface area contributed by atoms with Crippen LogP contribution in [0.4, 0.5) is 8.78 Å². The fourth-order valence-electron chi connectivity index (χ4n) is 4.70. The van der Waals surface area contributed by atoms with E-state index in [1.54, 1.807) is 0 Å². The highest BCUT2D eigenvalue weighted by Gasteiger charge is 2.45. The van der Waals surface area contributed by atoms with Crippen molar-refractivity contribution in [2.24, 2.45) is 0 Å². The Labute approximate surface area is 170 Å². The number of rotatable bonds is 2. The summed E-state index contributed by atoms with van der Waals surface area (Å²) in [5.41, 5.74) is 0.491. The van der Waals surface area contributed by atoms with Crippen molar-refractivity contribution in [2.45, 2.75) is 37.8 Å². The second-order valence-electron chi connectivity index (χ2n) is 7.80. The van der Waals surface area contributed by atoms with Crippen molar-refractivity contribution in [3.8, 4) is 0 Å². The number of amides is 4. The normalized spacial score (nSPS) is 23.3. The molecule has 2 aromatic rings. The summed E-state index contributed by atoms with van der Waals surface area (Å²) in [6.45, 7) is 0. The van der Waals surface area contributed by atoms with Gasteiger partial charge in [0.15, 0.2) is 0 Å². The predicted molar refractivity (Wildman–Crippen MR) is 99.8 cm³/mol. The van der Waals surface area contributed by atoms with Gasteiger partial charge in [-0.05, 0) is 62.1 Å². The topological polar surface area (TPSA) is 74.8 Å². The van der Waals surface area contributed by atoms with Crippen LogP contribution in [-0.4, -0.2) is 45.5 Å². The Morgan fingerprint density at radius 1 is 0.567 bits per heavy atom. The van der Waals surface area contributed by atoms with Crippen molar-refractivity contribution >= 4 is 23.6 Å². The van der Waals surface area contributed by atoms with Gasteiger partial charge in [0.1, 0.15) is 11.6 Å². The van der Waals surface area contributed by atoms with Gasteiger partial charge >= 0.3 is 0 Å². The molecule has 1 saturated carbocycles. The lowest BCUT2D eigenvalue weighted by molar-refractivity contribution is 0.0424. The minimum atomic E-state index is -0.581. The van der Waals surface area contributed by atoms with E-state index in [9.17, 15) is 28.0 Å². The first-order valence-corrected chi connectivity index (χ1v) is 9.71. The quantitative estimate of drug-likeness (QED) is 0.713. The monoisotopic (exact) mass is 410 g/mol. The van der Waals surface area contributed by atoms with Gasteiger partial charge in [0.2, 0.25) is 0 Å². The van der Waals surface area contributed by atoms with Gasteiger partial charge in [-0.15, -0.1) is 0 Å². The average Bonchev–Trinajstić information content (AvgIpc) is 3.12. The smallest absolute Gasteiger partial charge is 0.261 e. The summed E-state index contributed by atoms with van der Waals surface area (Å²) >= 11 is 0. The zero-order valence-electron chi connectivity index (χ0n) is 15.7. The van der Waals surface area contributed by atoms with E-state index >= 15 is 0 Å².